The van der Waals surface area contributed by atoms with Gasteiger partial charge < -0.3 is 9.47 Å². The Kier molecular flexibility index (Phi) is 4.72. The molecule has 1 spiro atoms. The van der Waals surface area contributed by atoms with E-state index in [1.165, 1.54) is 9.75 Å². The minimum absolute atomic E-state index is 0.152. The fraction of sp³-hybridized carbons (Fsp3) is 0.611. The van der Waals surface area contributed by atoms with Crippen molar-refractivity contribution in [3.8, 4) is 0 Å². The molecule has 0 aromatic carbocycles. The second kappa shape index (κ2) is 6.96. The second-order valence-corrected chi connectivity index (χ2v) is 8.34. The molecule has 2 atom stereocenters. The molecule has 2 aliphatic rings. The predicted molar refractivity (Wildman–Crippen MR) is 94.2 cm³/mol. The van der Waals surface area contributed by atoms with Crippen molar-refractivity contribution in [2.45, 2.75) is 44.6 Å². The maximum atomic E-state index is 6.49. The van der Waals surface area contributed by atoms with Gasteiger partial charge in [0, 0.05) is 41.8 Å². The van der Waals surface area contributed by atoms with Crippen LogP contribution in [0.15, 0.2) is 30.6 Å². The molecule has 2 aliphatic heterocycles. The molecule has 6 heteroatoms. The largest absolute Gasteiger partial charge is 0.377 e. The molecular formula is C18H25N3O2S. The zero-order valence-corrected chi connectivity index (χ0v) is 15.0. The first-order valence-electron chi connectivity index (χ1n) is 8.71. The molecule has 0 amide bonds. The van der Waals surface area contributed by atoms with Crippen molar-refractivity contribution in [2.75, 3.05) is 26.3 Å². The molecule has 0 radical (unpaired) electrons. The minimum atomic E-state index is -0.152. The second-order valence-electron chi connectivity index (χ2n) is 6.97. The van der Waals surface area contributed by atoms with Crippen molar-refractivity contribution < 1.29 is 9.47 Å². The van der Waals surface area contributed by atoms with Crippen LogP contribution < -0.4 is 0 Å². The molecule has 2 aromatic heterocycles. The summed E-state index contributed by atoms with van der Waals surface area (Å²) in [4.78, 5) is 5.30. The lowest BCUT2D eigenvalue weighted by Gasteiger charge is -2.31. The summed E-state index contributed by atoms with van der Waals surface area (Å²) in [5.41, 5.74) is -0.152. The van der Waals surface area contributed by atoms with Crippen LogP contribution in [0.5, 0.6) is 0 Å². The third-order valence-electron chi connectivity index (χ3n) is 4.89. The van der Waals surface area contributed by atoms with Gasteiger partial charge in [0.15, 0.2) is 0 Å². The zero-order valence-electron chi connectivity index (χ0n) is 14.2. The van der Waals surface area contributed by atoms with Crippen molar-refractivity contribution in [2.24, 2.45) is 0 Å². The van der Waals surface area contributed by atoms with Crippen LogP contribution in [0.4, 0.5) is 0 Å². The van der Waals surface area contributed by atoms with Gasteiger partial charge in [-0.25, -0.2) is 0 Å². The van der Waals surface area contributed by atoms with E-state index in [0.29, 0.717) is 6.61 Å². The summed E-state index contributed by atoms with van der Waals surface area (Å²) in [6.07, 6.45) is 6.21. The van der Waals surface area contributed by atoms with Crippen LogP contribution in [0.3, 0.4) is 0 Å². The van der Waals surface area contributed by atoms with Crippen LogP contribution in [0.25, 0.3) is 0 Å². The van der Waals surface area contributed by atoms with Crippen molar-refractivity contribution in [3.05, 3.63) is 40.3 Å². The van der Waals surface area contributed by atoms with E-state index in [4.69, 9.17) is 9.47 Å². The average molecular weight is 347 g/mol. The fourth-order valence-corrected chi connectivity index (χ4v) is 4.71. The van der Waals surface area contributed by atoms with E-state index >= 15 is 0 Å². The highest BCUT2D eigenvalue weighted by Crippen LogP contribution is 2.34. The molecule has 130 valence electrons. The van der Waals surface area contributed by atoms with E-state index in [-0.39, 0.29) is 11.7 Å². The van der Waals surface area contributed by atoms with E-state index in [1.54, 1.807) is 0 Å². The third-order valence-corrected chi connectivity index (χ3v) is 5.88. The van der Waals surface area contributed by atoms with Crippen molar-refractivity contribution in [3.63, 3.8) is 0 Å². The highest BCUT2D eigenvalue weighted by molar-refractivity contribution is 7.11. The van der Waals surface area contributed by atoms with Crippen LogP contribution in [-0.2, 0) is 22.6 Å². The highest BCUT2D eigenvalue weighted by atomic mass is 32.1. The number of thiophene rings is 1. The van der Waals surface area contributed by atoms with Gasteiger partial charge in [0.1, 0.15) is 5.60 Å². The average Bonchev–Trinajstić information content (AvgIpc) is 3.25. The SMILES string of the molecule is Cc1ccc(CN2CCOC[C@]3(CC[C@H](Cn4cccn4)O3)C2)s1. The Morgan fingerprint density at radius 2 is 2.38 bits per heavy atom. The van der Waals surface area contributed by atoms with Crippen molar-refractivity contribution in [1.82, 2.24) is 14.7 Å². The lowest BCUT2D eigenvalue weighted by atomic mass is 10.00. The molecule has 24 heavy (non-hydrogen) atoms. The van der Waals surface area contributed by atoms with E-state index in [2.05, 4.69) is 29.1 Å². The maximum absolute atomic E-state index is 6.49. The molecule has 2 saturated heterocycles. The molecule has 0 N–H and O–H groups in total. The number of hydrogen-bond donors (Lipinski definition) is 0. The van der Waals surface area contributed by atoms with Crippen LogP contribution in [-0.4, -0.2) is 52.7 Å². The van der Waals surface area contributed by atoms with Gasteiger partial charge in [0.2, 0.25) is 0 Å². The molecule has 0 aliphatic carbocycles. The van der Waals surface area contributed by atoms with Crippen LogP contribution in [0.2, 0.25) is 0 Å². The highest BCUT2D eigenvalue weighted by Gasteiger charge is 2.43. The Labute approximate surface area is 147 Å². The number of aromatic nitrogens is 2. The summed E-state index contributed by atoms with van der Waals surface area (Å²) in [7, 11) is 0. The van der Waals surface area contributed by atoms with Gasteiger partial charge in [0.05, 0.1) is 25.9 Å². The minimum Gasteiger partial charge on any atom is -0.377 e. The predicted octanol–water partition coefficient (Wildman–Crippen LogP) is 2.70. The standard InChI is InChI=1S/C18H25N3O2S/c1-15-3-4-17(24-15)12-20-9-10-22-14-18(13-20)6-5-16(23-18)11-21-8-2-7-19-21/h2-4,7-8,16H,5-6,9-14H2,1H3/t16-,18+/m1/s1. The van der Waals surface area contributed by atoms with Gasteiger partial charge >= 0.3 is 0 Å². The van der Waals surface area contributed by atoms with E-state index in [0.717, 1.165) is 45.6 Å². The van der Waals surface area contributed by atoms with Crippen LogP contribution >= 0.6 is 11.3 Å². The molecule has 0 saturated carbocycles. The first-order valence-corrected chi connectivity index (χ1v) is 9.53. The first-order chi connectivity index (χ1) is 11.7. The summed E-state index contributed by atoms with van der Waals surface area (Å²) in [6.45, 7) is 7.43. The molecule has 2 aromatic rings. The Morgan fingerprint density at radius 1 is 1.42 bits per heavy atom. The number of nitrogens with zero attached hydrogens (tertiary/aromatic N) is 3. The van der Waals surface area contributed by atoms with E-state index in [1.807, 2.05) is 34.5 Å². The summed E-state index contributed by atoms with van der Waals surface area (Å²) < 4.78 is 14.4. The molecule has 4 rings (SSSR count). The lowest BCUT2D eigenvalue weighted by molar-refractivity contribution is -0.0904. The van der Waals surface area contributed by atoms with E-state index in [9.17, 15) is 0 Å². The Bertz CT molecular complexity index is 657. The zero-order chi connectivity index (χ0) is 16.4. The van der Waals surface area contributed by atoms with Gasteiger partial charge in [-0.2, -0.15) is 5.10 Å². The van der Waals surface area contributed by atoms with Crippen LogP contribution in [0.1, 0.15) is 22.6 Å². The molecular weight excluding hydrogens is 322 g/mol. The maximum Gasteiger partial charge on any atom is 0.105 e. The van der Waals surface area contributed by atoms with Crippen molar-refractivity contribution >= 4 is 11.3 Å². The fourth-order valence-electron chi connectivity index (χ4n) is 3.77. The summed E-state index contributed by atoms with van der Waals surface area (Å²) in [6, 6.07) is 6.41. The smallest absolute Gasteiger partial charge is 0.105 e. The molecule has 2 fully saturated rings. The van der Waals surface area contributed by atoms with Gasteiger partial charge in [-0.05, 0) is 38.0 Å². The normalized spacial score (nSPS) is 28.5. The number of rotatable bonds is 4. The van der Waals surface area contributed by atoms with Crippen molar-refractivity contribution in [1.29, 1.82) is 0 Å². The molecule has 4 heterocycles. The molecule has 5 nitrogen and oxygen atoms in total. The number of aryl methyl sites for hydroxylation is 1. The van der Waals surface area contributed by atoms with Crippen LogP contribution in [0, 0.1) is 6.92 Å². The monoisotopic (exact) mass is 347 g/mol. The van der Waals surface area contributed by atoms with Gasteiger partial charge in [-0.15, -0.1) is 11.3 Å². The van der Waals surface area contributed by atoms with Gasteiger partial charge in [0.25, 0.3) is 0 Å². The number of ether oxygens (including phenoxy) is 2. The Hall–Kier alpha value is -1.21. The van der Waals surface area contributed by atoms with E-state index < -0.39 is 0 Å². The van der Waals surface area contributed by atoms with Gasteiger partial charge in [-0.3, -0.25) is 9.58 Å². The quantitative estimate of drug-likeness (QED) is 0.852. The molecule has 0 bridgehead atoms. The lowest BCUT2D eigenvalue weighted by Crippen LogP contribution is -2.44. The Balaban J connectivity index is 1.40. The summed E-state index contributed by atoms with van der Waals surface area (Å²) in [5.74, 6) is 0. The number of hydrogen-bond acceptors (Lipinski definition) is 5. The Morgan fingerprint density at radius 3 is 3.17 bits per heavy atom. The van der Waals surface area contributed by atoms with Gasteiger partial charge in [-0.1, -0.05) is 0 Å². The summed E-state index contributed by atoms with van der Waals surface area (Å²) in [5, 5.41) is 4.30. The first kappa shape index (κ1) is 16.3. The summed E-state index contributed by atoms with van der Waals surface area (Å²) >= 11 is 1.89. The third kappa shape index (κ3) is 3.72. The molecule has 0 unspecified atom stereocenters. The topological polar surface area (TPSA) is 39.5 Å².